The Morgan fingerprint density at radius 1 is 1.20 bits per heavy atom. The van der Waals surface area contributed by atoms with Crippen molar-refractivity contribution in [2.24, 2.45) is 0 Å². The van der Waals surface area contributed by atoms with Gasteiger partial charge in [0.15, 0.2) is 0 Å². The summed E-state index contributed by atoms with van der Waals surface area (Å²) in [6, 6.07) is 11.9. The summed E-state index contributed by atoms with van der Waals surface area (Å²) in [5.74, 6) is 0.288. The first kappa shape index (κ1) is 22.1. The molecule has 2 N–H and O–H groups in total. The highest BCUT2D eigenvalue weighted by molar-refractivity contribution is 5.85. The fourth-order valence-electron chi connectivity index (χ4n) is 4.02. The Morgan fingerprint density at radius 2 is 1.93 bits per heavy atom. The van der Waals surface area contributed by atoms with E-state index in [4.69, 9.17) is 5.10 Å². The lowest BCUT2D eigenvalue weighted by atomic mass is 9.87. The van der Waals surface area contributed by atoms with Crippen LogP contribution < -0.4 is 10.6 Å². The molecule has 7 nitrogen and oxygen atoms in total. The highest BCUT2D eigenvalue weighted by atomic mass is 35.5. The van der Waals surface area contributed by atoms with Gasteiger partial charge in [0.05, 0.1) is 11.4 Å². The molecule has 1 saturated heterocycles. The quantitative estimate of drug-likeness (QED) is 0.632. The fraction of sp³-hybridized carbons (Fsp3) is 0.409. The molecule has 1 aliphatic heterocycles. The molecule has 3 heterocycles. The van der Waals surface area contributed by atoms with Gasteiger partial charge in [-0.3, -0.25) is 9.48 Å². The van der Waals surface area contributed by atoms with Crippen molar-refractivity contribution in [1.82, 2.24) is 30.2 Å². The van der Waals surface area contributed by atoms with Crippen LogP contribution in [0.5, 0.6) is 0 Å². The summed E-state index contributed by atoms with van der Waals surface area (Å²) in [4.78, 5) is 13.3. The molecule has 160 valence electrons. The molecule has 0 saturated carbocycles. The first-order valence-corrected chi connectivity index (χ1v) is 10.2. The Hall–Kier alpha value is -2.64. The maximum atomic E-state index is 13.3. The summed E-state index contributed by atoms with van der Waals surface area (Å²) >= 11 is 0. The molecule has 2 aromatic heterocycles. The summed E-state index contributed by atoms with van der Waals surface area (Å²) in [7, 11) is 0. The number of carbonyl (C=O) groups is 1. The van der Waals surface area contributed by atoms with E-state index in [1.54, 1.807) is 6.20 Å². The average Bonchev–Trinajstić information content (AvgIpc) is 3.43. The number of carbonyl (C=O) groups excluding carboxylic acids is 1. The molecule has 4 rings (SSSR count). The summed E-state index contributed by atoms with van der Waals surface area (Å²) in [5.41, 5.74) is 2.43. The maximum Gasteiger partial charge on any atom is 0.248 e. The third-order valence-electron chi connectivity index (χ3n) is 5.63. The van der Waals surface area contributed by atoms with Crippen LogP contribution in [0.1, 0.15) is 43.9 Å². The summed E-state index contributed by atoms with van der Waals surface area (Å²) in [6.45, 7) is 6.31. The summed E-state index contributed by atoms with van der Waals surface area (Å²) in [6.07, 6.45) is 7.09. The van der Waals surface area contributed by atoms with Crippen molar-refractivity contribution in [2.75, 3.05) is 13.1 Å². The van der Waals surface area contributed by atoms with Crippen molar-refractivity contribution >= 4 is 18.3 Å². The van der Waals surface area contributed by atoms with E-state index in [0.717, 1.165) is 42.9 Å². The van der Waals surface area contributed by atoms with Crippen molar-refractivity contribution in [2.45, 2.75) is 44.7 Å². The van der Waals surface area contributed by atoms with Crippen LogP contribution in [0.15, 0.2) is 55.0 Å². The molecule has 8 heteroatoms. The number of para-hydroxylation sites is 1. The highest BCUT2D eigenvalue weighted by Crippen LogP contribution is 2.28. The Morgan fingerprint density at radius 3 is 2.57 bits per heavy atom. The van der Waals surface area contributed by atoms with E-state index >= 15 is 0 Å². The zero-order valence-corrected chi connectivity index (χ0v) is 18.2. The van der Waals surface area contributed by atoms with Gasteiger partial charge in [-0.25, -0.2) is 4.68 Å². The number of amides is 1. The zero-order valence-electron chi connectivity index (χ0n) is 17.4. The number of piperidine rings is 1. The topological polar surface area (TPSA) is 76.8 Å². The number of rotatable bonds is 6. The van der Waals surface area contributed by atoms with Gasteiger partial charge in [0.25, 0.3) is 0 Å². The molecule has 0 spiro atoms. The van der Waals surface area contributed by atoms with Gasteiger partial charge < -0.3 is 10.6 Å². The second-order valence-electron chi connectivity index (χ2n) is 7.89. The summed E-state index contributed by atoms with van der Waals surface area (Å²) < 4.78 is 3.71. The minimum Gasteiger partial charge on any atom is -0.350 e. The van der Waals surface area contributed by atoms with Crippen LogP contribution in [0.3, 0.4) is 0 Å². The highest BCUT2D eigenvalue weighted by Gasteiger charge is 2.41. The van der Waals surface area contributed by atoms with Gasteiger partial charge in [0.1, 0.15) is 5.54 Å². The molecule has 30 heavy (non-hydrogen) atoms. The first-order valence-electron chi connectivity index (χ1n) is 10.2. The number of benzene rings is 1. The minimum atomic E-state index is -0.637. The molecule has 1 amide bonds. The van der Waals surface area contributed by atoms with Gasteiger partial charge in [-0.15, -0.1) is 12.4 Å². The molecule has 3 aromatic rings. The van der Waals surface area contributed by atoms with Crippen molar-refractivity contribution in [3.05, 3.63) is 66.2 Å². The number of hydrogen-bond donors (Lipinski definition) is 2. The van der Waals surface area contributed by atoms with Crippen LogP contribution in [0, 0.1) is 0 Å². The molecule has 0 unspecified atom stereocenters. The van der Waals surface area contributed by atoms with E-state index in [9.17, 15) is 4.79 Å². The molecule has 1 aliphatic rings. The normalized spacial score (nSPS) is 15.6. The second kappa shape index (κ2) is 9.45. The Kier molecular flexibility index (Phi) is 6.95. The van der Waals surface area contributed by atoms with Crippen molar-refractivity contribution in [3.63, 3.8) is 0 Å². The van der Waals surface area contributed by atoms with E-state index in [2.05, 4.69) is 29.6 Å². The van der Waals surface area contributed by atoms with Crippen molar-refractivity contribution in [1.29, 1.82) is 0 Å². The van der Waals surface area contributed by atoms with Gasteiger partial charge in [-0.05, 0) is 50.0 Å². The largest absolute Gasteiger partial charge is 0.350 e. The summed E-state index contributed by atoms with van der Waals surface area (Å²) in [5, 5.41) is 15.7. The lowest BCUT2D eigenvalue weighted by Gasteiger charge is -2.36. The molecule has 0 radical (unpaired) electrons. The molecular weight excluding hydrogens is 400 g/mol. The number of aromatic nitrogens is 4. The Labute approximate surface area is 183 Å². The predicted octanol–water partition coefficient (Wildman–Crippen LogP) is 3.01. The molecule has 0 bridgehead atoms. The van der Waals surface area contributed by atoms with E-state index in [1.165, 1.54) is 0 Å². The third kappa shape index (κ3) is 4.27. The number of nitrogens with one attached hydrogen (secondary N) is 2. The standard InChI is InChI=1S/C22H28N6O.ClH/c1-17(2)20-18(16-27(26-20)19-7-4-3-5-8-19)15-24-21(29)22(9-12-23-13-10-22)28-14-6-11-25-28;/h3-8,11,14,16-17,23H,9-10,12-13,15H2,1-2H3,(H,24,29);1H. The average molecular weight is 429 g/mol. The fourth-order valence-corrected chi connectivity index (χ4v) is 4.02. The van der Waals surface area contributed by atoms with Gasteiger partial charge in [0, 0.05) is 30.7 Å². The number of halogens is 1. The van der Waals surface area contributed by atoms with E-state index in [1.807, 2.05) is 58.2 Å². The SMILES string of the molecule is CC(C)c1nn(-c2ccccc2)cc1CNC(=O)C1(n2cccn2)CCNCC1.Cl. The monoisotopic (exact) mass is 428 g/mol. The van der Waals surface area contributed by atoms with Crippen LogP contribution in [0.4, 0.5) is 0 Å². The molecule has 1 fully saturated rings. The lowest BCUT2D eigenvalue weighted by Crippen LogP contribution is -2.54. The predicted molar refractivity (Wildman–Crippen MR) is 119 cm³/mol. The lowest BCUT2D eigenvalue weighted by molar-refractivity contribution is -0.132. The number of hydrogen-bond acceptors (Lipinski definition) is 4. The van der Waals surface area contributed by atoms with Crippen molar-refractivity contribution in [3.8, 4) is 5.69 Å². The Balaban J connectivity index is 0.00000256. The number of nitrogens with zero attached hydrogens (tertiary/aromatic N) is 4. The molecular formula is C22H29ClN6O. The second-order valence-corrected chi connectivity index (χ2v) is 7.89. The van der Waals surface area contributed by atoms with E-state index in [-0.39, 0.29) is 24.2 Å². The van der Waals surface area contributed by atoms with Gasteiger partial charge >= 0.3 is 0 Å². The van der Waals surface area contributed by atoms with E-state index < -0.39 is 5.54 Å². The van der Waals surface area contributed by atoms with Crippen LogP contribution in [0.25, 0.3) is 5.69 Å². The van der Waals surface area contributed by atoms with Gasteiger partial charge in [-0.2, -0.15) is 10.2 Å². The van der Waals surface area contributed by atoms with Crippen LogP contribution in [-0.2, 0) is 16.9 Å². The van der Waals surface area contributed by atoms with Gasteiger partial charge in [0.2, 0.25) is 5.91 Å². The maximum absolute atomic E-state index is 13.3. The third-order valence-corrected chi connectivity index (χ3v) is 5.63. The minimum absolute atomic E-state index is 0. The molecule has 1 aromatic carbocycles. The first-order chi connectivity index (χ1) is 14.1. The molecule has 0 atom stereocenters. The van der Waals surface area contributed by atoms with Crippen LogP contribution in [0.2, 0.25) is 0 Å². The van der Waals surface area contributed by atoms with Crippen LogP contribution >= 0.6 is 12.4 Å². The smallest absolute Gasteiger partial charge is 0.248 e. The zero-order chi connectivity index (χ0) is 20.3. The van der Waals surface area contributed by atoms with E-state index in [0.29, 0.717) is 6.54 Å². The molecule has 0 aliphatic carbocycles. The van der Waals surface area contributed by atoms with Crippen molar-refractivity contribution < 1.29 is 4.79 Å². The van der Waals surface area contributed by atoms with Gasteiger partial charge in [-0.1, -0.05) is 32.0 Å². The Bertz CT molecular complexity index is 945. The van der Waals surface area contributed by atoms with Crippen LogP contribution in [-0.4, -0.2) is 38.6 Å².